The number of carbonyl (C=O) groups is 1. The lowest BCUT2D eigenvalue weighted by atomic mass is 9.97. The maximum absolute atomic E-state index is 12.9. The maximum Gasteiger partial charge on any atom is 0.342 e. The van der Waals surface area contributed by atoms with Crippen LogP contribution in [0.1, 0.15) is 35.7 Å². The van der Waals surface area contributed by atoms with Gasteiger partial charge in [0.25, 0.3) is 0 Å². The van der Waals surface area contributed by atoms with Gasteiger partial charge in [0.05, 0.1) is 6.61 Å². The Morgan fingerprint density at radius 2 is 2.07 bits per heavy atom. The molecule has 29 heavy (non-hydrogen) atoms. The van der Waals surface area contributed by atoms with Gasteiger partial charge in [-0.2, -0.15) is 0 Å². The zero-order valence-electron chi connectivity index (χ0n) is 16.5. The van der Waals surface area contributed by atoms with Crippen LogP contribution in [0.5, 0.6) is 5.75 Å². The highest BCUT2D eigenvalue weighted by Gasteiger charge is 2.26. The monoisotopic (exact) mass is 391 g/mol. The van der Waals surface area contributed by atoms with Crippen molar-refractivity contribution >= 4 is 16.9 Å². The highest BCUT2D eigenvalue weighted by atomic mass is 16.5. The normalized spacial score (nSPS) is 15.7. The van der Waals surface area contributed by atoms with E-state index in [0.717, 1.165) is 31.5 Å². The maximum atomic E-state index is 12.9. The third-order valence-corrected chi connectivity index (χ3v) is 5.25. The lowest BCUT2D eigenvalue weighted by molar-refractivity contribution is 0.0528. The van der Waals surface area contributed by atoms with Crippen LogP contribution in [0.4, 0.5) is 0 Å². The molecule has 4 rings (SSSR count). The van der Waals surface area contributed by atoms with Crippen LogP contribution in [-0.4, -0.2) is 30.8 Å². The summed E-state index contributed by atoms with van der Waals surface area (Å²) < 4.78 is 11.4. The molecule has 1 aromatic heterocycles. The van der Waals surface area contributed by atoms with Crippen LogP contribution < -0.4 is 5.32 Å². The van der Waals surface area contributed by atoms with Gasteiger partial charge in [-0.25, -0.2) is 4.79 Å². The third-order valence-electron chi connectivity index (χ3n) is 5.25. The molecule has 0 radical (unpaired) electrons. The van der Waals surface area contributed by atoms with E-state index in [4.69, 9.17) is 9.15 Å². The Balaban J connectivity index is 1.88. The van der Waals surface area contributed by atoms with Gasteiger partial charge in [-0.05, 0) is 44.9 Å². The van der Waals surface area contributed by atoms with Gasteiger partial charge in [-0.15, -0.1) is 0 Å². The molecule has 0 spiro atoms. The lowest BCUT2D eigenvalue weighted by Gasteiger charge is -2.15. The summed E-state index contributed by atoms with van der Waals surface area (Å²) in [5, 5.41) is 14.6. The lowest BCUT2D eigenvalue weighted by Crippen LogP contribution is -2.23. The van der Waals surface area contributed by atoms with E-state index in [1.807, 2.05) is 30.3 Å². The van der Waals surface area contributed by atoms with Crippen LogP contribution in [0.2, 0.25) is 0 Å². The molecule has 5 nitrogen and oxygen atoms in total. The number of aromatic hydroxyl groups is 1. The predicted octanol–water partition coefficient (Wildman–Crippen LogP) is 4.83. The van der Waals surface area contributed by atoms with Crippen LogP contribution >= 0.6 is 0 Å². The van der Waals surface area contributed by atoms with E-state index in [1.165, 1.54) is 5.57 Å². The number of phenolic OH excluding ortho intramolecular Hbond substituents is 1. The number of esters is 1. The number of benzene rings is 2. The number of hydrogen-bond acceptors (Lipinski definition) is 5. The first-order valence-corrected chi connectivity index (χ1v) is 10.1. The SMILES string of the molecule is CCOC(=O)c1c(-c2ccccc2)oc2ccc(O)c(C/C=C3/CCCNC3)c12. The van der Waals surface area contributed by atoms with Crippen molar-refractivity contribution < 1.29 is 19.1 Å². The van der Waals surface area contributed by atoms with Crippen LogP contribution in [0, 0.1) is 0 Å². The van der Waals surface area contributed by atoms with E-state index in [0.29, 0.717) is 34.3 Å². The van der Waals surface area contributed by atoms with Crippen molar-refractivity contribution in [2.24, 2.45) is 0 Å². The number of rotatable bonds is 5. The smallest absolute Gasteiger partial charge is 0.342 e. The second kappa shape index (κ2) is 8.53. The molecule has 1 aliphatic rings. The molecule has 5 heteroatoms. The molecule has 0 amide bonds. The number of ether oxygens (including phenoxy) is 1. The van der Waals surface area contributed by atoms with E-state index in [9.17, 15) is 9.90 Å². The molecule has 2 heterocycles. The second-order valence-electron chi connectivity index (χ2n) is 7.18. The molecule has 3 aromatic rings. The first kappa shape index (κ1) is 19.3. The summed E-state index contributed by atoms with van der Waals surface area (Å²) >= 11 is 0. The van der Waals surface area contributed by atoms with Gasteiger partial charge in [-0.1, -0.05) is 42.0 Å². The first-order valence-electron chi connectivity index (χ1n) is 10.1. The number of phenols is 1. The Kier molecular flexibility index (Phi) is 5.67. The van der Waals surface area contributed by atoms with E-state index in [-0.39, 0.29) is 12.4 Å². The van der Waals surface area contributed by atoms with E-state index in [1.54, 1.807) is 19.1 Å². The van der Waals surface area contributed by atoms with Crippen molar-refractivity contribution in [2.45, 2.75) is 26.2 Å². The van der Waals surface area contributed by atoms with E-state index < -0.39 is 5.97 Å². The Bertz CT molecular complexity index is 1040. The van der Waals surface area contributed by atoms with E-state index >= 15 is 0 Å². The summed E-state index contributed by atoms with van der Waals surface area (Å²) in [5.41, 5.74) is 3.75. The van der Waals surface area contributed by atoms with Crippen molar-refractivity contribution in [3.63, 3.8) is 0 Å². The van der Waals surface area contributed by atoms with Gasteiger partial charge in [0, 0.05) is 23.1 Å². The number of fused-ring (bicyclic) bond motifs is 1. The Labute approximate surface area is 170 Å². The Hall–Kier alpha value is -3.05. The highest BCUT2D eigenvalue weighted by Crippen LogP contribution is 2.39. The van der Waals surface area contributed by atoms with Crippen molar-refractivity contribution in [3.8, 4) is 17.1 Å². The molecule has 150 valence electrons. The minimum absolute atomic E-state index is 0.157. The quantitative estimate of drug-likeness (QED) is 0.481. The molecule has 1 fully saturated rings. The van der Waals surface area contributed by atoms with Gasteiger partial charge in [0.1, 0.15) is 22.7 Å². The largest absolute Gasteiger partial charge is 0.508 e. The van der Waals surface area contributed by atoms with Crippen molar-refractivity contribution in [1.29, 1.82) is 0 Å². The number of furan rings is 1. The van der Waals surface area contributed by atoms with Crippen LogP contribution in [0.3, 0.4) is 0 Å². The standard InChI is InChI=1S/C24H25NO4/c1-2-28-24(27)22-21-18(11-10-16-7-6-14-25-15-16)19(26)12-13-20(21)29-23(22)17-8-4-3-5-9-17/h3-5,8-10,12-13,25-26H,2,6-7,11,14-15H2,1H3/b16-10-. The Morgan fingerprint density at radius 3 is 2.79 bits per heavy atom. The van der Waals surface area contributed by atoms with Crippen molar-refractivity contribution in [3.05, 3.63) is 65.2 Å². The highest BCUT2D eigenvalue weighted by molar-refractivity contribution is 6.10. The van der Waals surface area contributed by atoms with Gasteiger partial charge >= 0.3 is 5.97 Å². The molecular formula is C24H25NO4. The molecule has 0 aliphatic carbocycles. The van der Waals surface area contributed by atoms with Gasteiger partial charge in [-0.3, -0.25) is 0 Å². The number of hydrogen-bond donors (Lipinski definition) is 2. The zero-order chi connectivity index (χ0) is 20.2. The van der Waals surface area contributed by atoms with Crippen molar-refractivity contribution in [1.82, 2.24) is 5.32 Å². The molecule has 0 atom stereocenters. The minimum atomic E-state index is -0.441. The molecule has 0 bridgehead atoms. The molecular weight excluding hydrogens is 366 g/mol. The fourth-order valence-electron chi connectivity index (χ4n) is 3.84. The van der Waals surface area contributed by atoms with Gasteiger partial charge < -0.3 is 19.6 Å². The fourth-order valence-corrected chi connectivity index (χ4v) is 3.84. The van der Waals surface area contributed by atoms with E-state index in [2.05, 4.69) is 11.4 Å². The van der Waals surface area contributed by atoms with Crippen LogP contribution in [0.25, 0.3) is 22.3 Å². The number of allylic oxidation sites excluding steroid dienone is 1. The van der Waals surface area contributed by atoms with Gasteiger partial charge in [0.2, 0.25) is 0 Å². The minimum Gasteiger partial charge on any atom is -0.508 e. The number of nitrogens with one attached hydrogen (secondary N) is 1. The van der Waals surface area contributed by atoms with Gasteiger partial charge in [0.15, 0.2) is 0 Å². The van der Waals surface area contributed by atoms with Crippen LogP contribution in [0.15, 0.2) is 58.5 Å². The predicted molar refractivity (Wildman–Crippen MR) is 113 cm³/mol. The fraction of sp³-hybridized carbons (Fsp3) is 0.292. The summed E-state index contributed by atoms with van der Waals surface area (Å²) in [5.74, 6) is 0.186. The molecule has 2 aromatic carbocycles. The summed E-state index contributed by atoms with van der Waals surface area (Å²) in [7, 11) is 0. The average molecular weight is 391 g/mol. The second-order valence-corrected chi connectivity index (χ2v) is 7.18. The summed E-state index contributed by atoms with van der Waals surface area (Å²) in [6.07, 6.45) is 4.83. The molecule has 2 N–H and O–H groups in total. The number of piperidine rings is 1. The average Bonchev–Trinajstić information content (AvgIpc) is 3.14. The summed E-state index contributed by atoms with van der Waals surface area (Å²) in [6.45, 7) is 3.94. The summed E-state index contributed by atoms with van der Waals surface area (Å²) in [6, 6.07) is 12.8. The number of carbonyl (C=O) groups excluding carboxylic acids is 1. The first-order chi connectivity index (χ1) is 14.2. The van der Waals surface area contributed by atoms with Crippen molar-refractivity contribution in [2.75, 3.05) is 19.7 Å². The molecule has 1 saturated heterocycles. The summed E-state index contributed by atoms with van der Waals surface area (Å²) in [4.78, 5) is 12.9. The zero-order valence-corrected chi connectivity index (χ0v) is 16.5. The molecule has 0 saturated carbocycles. The molecule has 1 aliphatic heterocycles. The Morgan fingerprint density at radius 1 is 1.24 bits per heavy atom. The molecule has 0 unspecified atom stereocenters. The topological polar surface area (TPSA) is 71.7 Å². The van der Waals surface area contributed by atoms with Crippen LogP contribution in [-0.2, 0) is 11.2 Å². The third kappa shape index (κ3) is 3.91.